The van der Waals surface area contributed by atoms with Crippen molar-refractivity contribution >= 4 is 22.5 Å². The minimum Gasteiger partial charge on any atom is -0.222 e. The third-order valence-corrected chi connectivity index (χ3v) is 3.57. The van der Waals surface area contributed by atoms with Crippen molar-refractivity contribution in [3.05, 3.63) is 36.5 Å². The molecule has 0 saturated heterocycles. The van der Waals surface area contributed by atoms with Crippen LogP contribution in [-0.4, -0.2) is 5.75 Å². The molecule has 0 saturated carbocycles. The predicted octanol–water partition coefficient (Wildman–Crippen LogP) is -2.52. The number of hydrogen-bond acceptors (Lipinski definition) is 5. The molecule has 1 aromatic carbocycles. The molecule has 0 bridgehead atoms. The van der Waals surface area contributed by atoms with E-state index in [1.54, 1.807) is 0 Å². The Morgan fingerprint density at radius 1 is 1.06 bits per heavy atom. The van der Waals surface area contributed by atoms with Crippen LogP contribution in [0.15, 0.2) is 41.6 Å². The van der Waals surface area contributed by atoms with Crippen LogP contribution in [0.3, 0.4) is 0 Å². The second-order valence-corrected chi connectivity index (χ2v) is 5.47. The first-order valence-corrected chi connectivity index (χ1v) is 7.33. The van der Waals surface area contributed by atoms with Gasteiger partial charge in [0.05, 0.1) is 11.1 Å². The number of benzene rings is 1. The van der Waals surface area contributed by atoms with Crippen LogP contribution in [0, 0.1) is 10.2 Å². The van der Waals surface area contributed by atoms with Gasteiger partial charge in [0.15, 0.2) is 12.7 Å². The minimum absolute atomic E-state index is 1.16. The highest BCUT2D eigenvalue weighted by molar-refractivity contribution is 7.99. The quantitative estimate of drug-likeness (QED) is 0.498. The highest BCUT2D eigenvalue weighted by Gasteiger charge is 2.21. The van der Waals surface area contributed by atoms with Crippen molar-refractivity contribution in [3.63, 3.8) is 0 Å². The molecule has 1 aliphatic heterocycles. The number of halogens is 1. The molecule has 2 aromatic rings. The summed E-state index contributed by atoms with van der Waals surface area (Å²) < 4.78 is 36.3. The molecule has 0 aliphatic carbocycles. The molecule has 0 N–H and O–H groups in total. The summed E-state index contributed by atoms with van der Waals surface area (Å²) in [5.74, 6) is 1.22. The Morgan fingerprint density at radius 3 is 2.44 bits per heavy atom. The van der Waals surface area contributed by atoms with E-state index in [-0.39, 0.29) is 0 Å². The van der Waals surface area contributed by atoms with Gasteiger partial charge < -0.3 is 0 Å². The topological polar surface area (TPSA) is 96.1 Å². The monoisotopic (exact) mass is 287 g/mol. The fourth-order valence-corrected chi connectivity index (χ4v) is 2.95. The minimum atomic E-state index is -4.94. The zero-order chi connectivity index (χ0) is 13.2. The maximum atomic E-state index is 8.49. The molecule has 7 heteroatoms. The molecule has 0 fully saturated rings. The molecule has 18 heavy (non-hydrogen) atoms. The molecule has 2 heterocycles. The lowest BCUT2D eigenvalue weighted by atomic mass is 10.2. The Morgan fingerprint density at radius 2 is 1.72 bits per heavy atom. The zero-order valence-electron chi connectivity index (χ0n) is 9.24. The van der Waals surface area contributed by atoms with Gasteiger partial charge in [-0.15, -0.1) is 10.2 Å². The van der Waals surface area contributed by atoms with Crippen LogP contribution in [0.2, 0.25) is 0 Å². The summed E-state index contributed by atoms with van der Waals surface area (Å²) in [6.07, 6.45) is 2.19. The fraction of sp³-hybridized carbons (Fsp3) is 0.182. The van der Waals surface area contributed by atoms with Crippen molar-refractivity contribution < 1.29 is 33.4 Å². The molecule has 0 atom stereocenters. The van der Waals surface area contributed by atoms with Crippen LogP contribution in [0.1, 0.15) is 0 Å². The number of fused-ring (bicyclic) bond motifs is 3. The van der Waals surface area contributed by atoms with E-state index >= 15 is 0 Å². The van der Waals surface area contributed by atoms with Gasteiger partial charge in [0.2, 0.25) is 5.03 Å². The first-order valence-electron chi connectivity index (χ1n) is 5.11. The first-order chi connectivity index (χ1) is 8.45. The van der Waals surface area contributed by atoms with Crippen molar-refractivity contribution in [2.45, 2.75) is 11.6 Å². The van der Waals surface area contributed by atoms with E-state index in [4.69, 9.17) is 18.6 Å². The third-order valence-electron chi connectivity index (χ3n) is 2.46. The highest BCUT2D eigenvalue weighted by Crippen LogP contribution is 2.27. The molecular formula is C11H10ClNO4S. The Hall–Kier alpha value is -0.890. The predicted molar refractivity (Wildman–Crippen MR) is 54.9 cm³/mol. The number of hydrogen-bond donors (Lipinski definition) is 0. The number of thioether (sulfide) groups is 1. The van der Waals surface area contributed by atoms with Gasteiger partial charge in [0.25, 0.3) is 0 Å². The summed E-state index contributed by atoms with van der Waals surface area (Å²) in [7, 11) is -4.94. The molecule has 1 aliphatic rings. The summed E-state index contributed by atoms with van der Waals surface area (Å²) in [6.45, 7) is 1.16. The highest BCUT2D eigenvalue weighted by atomic mass is 35.7. The largest absolute Gasteiger partial charge is 0.248 e. The average Bonchev–Trinajstić information content (AvgIpc) is 2.75. The average molecular weight is 288 g/mol. The zero-order valence-corrected chi connectivity index (χ0v) is 10.8. The molecule has 1 aromatic heterocycles. The second-order valence-electron chi connectivity index (χ2n) is 3.63. The summed E-state index contributed by atoms with van der Waals surface area (Å²) in [5, 5.41) is 4.17. The van der Waals surface area contributed by atoms with Gasteiger partial charge in [-0.1, -0.05) is 18.2 Å². The number of pyridine rings is 1. The molecule has 0 unspecified atom stereocenters. The van der Waals surface area contributed by atoms with Gasteiger partial charge in [-0.2, -0.15) is 4.57 Å². The molecule has 0 amide bonds. The van der Waals surface area contributed by atoms with Crippen LogP contribution in [0.4, 0.5) is 0 Å². The Balaban J connectivity index is 0.000000209. The van der Waals surface area contributed by atoms with E-state index in [2.05, 4.69) is 41.1 Å². The standard InChI is InChI=1S/C11H10NS.ClHO4/c1-2-4-10-9(3-1)5-6-12-7-8-13-11(10)12;2-1(3,4)5/h1-6H,7-8H2;(H,2,3,4,5)/q+1;/p-1. The van der Waals surface area contributed by atoms with Crippen LogP contribution in [0.25, 0.3) is 10.8 Å². The Kier molecular flexibility index (Phi) is 4.06. The normalized spacial score (nSPS) is 14.0. The molecule has 5 nitrogen and oxygen atoms in total. The Labute approximate surface area is 110 Å². The summed E-state index contributed by atoms with van der Waals surface area (Å²) in [6, 6.07) is 10.8. The van der Waals surface area contributed by atoms with Gasteiger partial charge in [0, 0.05) is 6.07 Å². The van der Waals surface area contributed by atoms with Crippen molar-refractivity contribution in [2.75, 3.05) is 5.75 Å². The summed E-state index contributed by atoms with van der Waals surface area (Å²) in [4.78, 5) is 0. The maximum Gasteiger partial charge on any atom is 0.248 e. The lowest BCUT2D eigenvalue weighted by Gasteiger charge is -2.17. The lowest BCUT2D eigenvalue weighted by Crippen LogP contribution is -2.68. The van der Waals surface area contributed by atoms with Crippen molar-refractivity contribution in [3.8, 4) is 0 Å². The van der Waals surface area contributed by atoms with Crippen LogP contribution >= 0.6 is 11.8 Å². The molecule has 3 rings (SSSR count). The summed E-state index contributed by atoms with van der Waals surface area (Å²) >= 11 is 1.96. The van der Waals surface area contributed by atoms with Crippen molar-refractivity contribution in [2.24, 2.45) is 0 Å². The molecule has 96 valence electrons. The van der Waals surface area contributed by atoms with E-state index in [0.29, 0.717) is 0 Å². The van der Waals surface area contributed by atoms with E-state index in [1.165, 1.54) is 21.6 Å². The third kappa shape index (κ3) is 3.55. The van der Waals surface area contributed by atoms with Gasteiger partial charge in [-0.05, 0) is 23.2 Å². The first kappa shape index (κ1) is 13.5. The van der Waals surface area contributed by atoms with Gasteiger partial charge >= 0.3 is 0 Å². The fourth-order valence-electron chi connectivity index (χ4n) is 1.81. The summed E-state index contributed by atoms with van der Waals surface area (Å²) in [5.41, 5.74) is 0. The number of aryl methyl sites for hydroxylation is 1. The van der Waals surface area contributed by atoms with E-state index in [9.17, 15) is 0 Å². The van der Waals surface area contributed by atoms with Crippen LogP contribution in [0.5, 0.6) is 0 Å². The molecule has 0 radical (unpaired) electrons. The van der Waals surface area contributed by atoms with Gasteiger partial charge in [0.1, 0.15) is 0 Å². The number of aromatic nitrogens is 1. The van der Waals surface area contributed by atoms with Crippen molar-refractivity contribution in [1.82, 2.24) is 0 Å². The number of rotatable bonds is 0. The van der Waals surface area contributed by atoms with E-state index < -0.39 is 10.2 Å². The van der Waals surface area contributed by atoms with Crippen LogP contribution in [-0.2, 0) is 6.54 Å². The van der Waals surface area contributed by atoms with E-state index in [1.807, 2.05) is 11.8 Å². The molecule has 0 spiro atoms. The second kappa shape index (κ2) is 5.40. The van der Waals surface area contributed by atoms with Gasteiger partial charge in [-0.25, -0.2) is 18.6 Å². The van der Waals surface area contributed by atoms with Crippen molar-refractivity contribution in [1.29, 1.82) is 0 Å². The smallest absolute Gasteiger partial charge is 0.222 e. The number of nitrogens with zero attached hydrogens (tertiary/aromatic N) is 1. The lowest BCUT2D eigenvalue weighted by molar-refractivity contribution is -2.00. The van der Waals surface area contributed by atoms with Gasteiger partial charge in [-0.3, -0.25) is 0 Å². The van der Waals surface area contributed by atoms with Crippen LogP contribution < -0.4 is 23.2 Å². The molecular weight excluding hydrogens is 278 g/mol. The van der Waals surface area contributed by atoms with E-state index in [0.717, 1.165) is 6.54 Å². The maximum absolute atomic E-state index is 8.49. The SMILES string of the molecule is [O-][Cl+3]([O-])([O-])[O-].c1ccc2c3[n+](ccc2c1)CCS3. The Bertz CT molecular complexity index is 552.